The lowest BCUT2D eigenvalue weighted by atomic mass is 10.2. The monoisotopic (exact) mass is 453 g/mol. The maximum Gasteiger partial charge on any atom is 0.338 e. The molecule has 2 aromatic rings. The van der Waals surface area contributed by atoms with Crippen LogP contribution in [0.5, 0.6) is 0 Å². The molecule has 2 aromatic carbocycles. The lowest BCUT2D eigenvalue weighted by Crippen LogP contribution is -2.30. The van der Waals surface area contributed by atoms with Crippen molar-refractivity contribution in [3.8, 4) is 0 Å². The molecule has 1 atom stereocenters. The fraction of sp³-hybridized carbons (Fsp3) is 0.211. The number of benzene rings is 2. The maximum absolute atomic E-state index is 12.3. The number of amides is 2. The molecule has 0 bridgehead atoms. The minimum absolute atomic E-state index is 0.0607. The first-order valence-electron chi connectivity index (χ1n) is 8.66. The van der Waals surface area contributed by atoms with E-state index in [4.69, 9.17) is 16.3 Å². The predicted molar refractivity (Wildman–Crippen MR) is 112 cm³/mol. The molecule has 0 aromatic heterocycles. The number of rotatable bonds is 7. The summed E-state index contributed by atoms with van der Waals surface area (Å²) in [6.45, 7) is 2.75. The summed E-state index contributed by atoms with van der Waals surface area (Å²) in [6, 6.07) is 9.98. The molecule has 0 fully saturated rings. The van der Waals surface area contributed by atoms with Crippen molar-refractivity contribution in [3.63, 3.8) is 0 Å². The molecular weight excluding hydrogens is 434 g/mol. The number of ether oxygens (including phenoxy) is 1. The van der Waals surface area contributed by atoms with E-state index < -0.39 is 28.0 Å². The SMILES string of the molecule is CNS(=O)(=O)c1cc(C(=O)O[C@@H](C)C(=O)Nc2ccc(NC(C)=O)cc2)ccc1Cl. The van der Waals surface area contributed by atoms with Crippen molar-refractivity contribution < 1.29 is 27.5 Å². The average Bonchev–Trinajstić information content (AvgIpc) is 2.69. The molecule has 0 heterocycles. The highest BCUT2D eigenvalue weighted by molar-refractivity contribution is 7.89. The molecule has 0 unspecified atom stereocenters. The van der Waals surface area contributed by atoms with Crippen LogP contribution in [0.2, 0.25) is 5.02 Å². The number of carbonyl (C=O) groups excluding carboxylic acids is 3. The molecule has 0 radical (unpaired) electrons. The molecule has 0 spiro atoms. The van der Waals surface area contributed by atoms with Crippen LogP contribution in [-0.4, -0.2) is 39.4 Å². The fourth-order valence-electron chi connectivity index (χ4n) is 2.31. The molecule has 30 heavy (non-hydrogen) atoms. The summed E-state index contributed by atoms with van der Waals surface area (Å²) in [4.78, 5) is 35.4. The van der Waals surface area contributed by atoms with Gasteiger partial charge in [0.25, 0.3) is 5.91 Å². The first-order valence-corrected chi connectivity index (χ1v) is 10.5. The van der Waals surface area contributed by atoms with Crippen molar-refractivity contribution in [3.05, 3.63) is 53.1 Å². The Morgan fingerprint density at radius 2 is 1.57 bits per heavy atom. The number of nitrogens with one attached hydrogen (secondary N) is 3. The number of hydrogen-bond acceptors (Lipinski definition) is 6. The number of anilines is 2. The number of halogens is 1. The molecule has 2 rings (SSSR count). The van der Waals surface area contributed by atoms with Crippen molar-refractivity contribution in [2.45, 2.75) is 24.8 Å². The standard InChI is InChI=1S/C19H20ClN3O6S/c1-11(18(25)23-15-7-5-14(6-8-15)22-12(2)24)29-19(26)13-4-9-16(20)17(10-13)30(27,28)21-3/h4-11,21H,1-3H3,(H,22,24)(H,23,25)/t11-/m0/s1. The summed E-state index contributed by atoms with van der Waals surface area (Å²) in [5.41, 5.74) is 0.925. The third-order valence-corrected chi connectivity index (χ3v) is 5.75. The van der Waals surface area contributed by atoms with Crippen molar-refractivity contribution in [2.75, 3.05) is 17.7 Å². The number of sulfonamides is 1. The summed E-state index contributed by atoms with van der Waals surface area (Å²) < 4.78 is 31.2. The molecule has 0 aliphatic carbocycles. The molecule has 0 saturated heterocycles. The third kappa shape index (κ3) is 6.02. The smallest absolute Gasteiger partial charge is 0.338 e. The van der Waals surface area contributed by atoms with Gasteiger partial charge < -0.3 is 15.4 Å². The summed E-state index contributed by atoms with van der Waals surface area (Å²) in [6.07, 6.45) is -1.16. The highest BCUT2D eigenvalue weighted by Gasteiger charge is 2.22. The first-order chi connectivity index (χ1) is 14.0. The number of carbonyl (C=O) groups is 3. The lowest BCUT2D eigenvalue weighted by Gasteiger charge is -2.14. The van der Waals surface area contributed by atoms with E-state index in [1.807, 2.05) is 0 Å². The van der Waals surface area contributed by atoms with Crippen LogP contribution in [0.3, 0.4) is 0 Å². The van der Waals surface area contributed by atoms with E-state index in [9.17, 15) is 22.8 Å². The Kier molecular flexibility index (Phi) is 7.54. The minimum atomic E-state index is -3.88. The molecule has 11 heteroatoms. The molecule has 0 aliphatic heterocycles. The molecule has 160 valence electrons. The van der Waals surface area contributed by atoms with Gasteiger partial charge >= 0.3 is 5.97 Å². The van der Waals surface area contributed by atoms with Crippen LogP contribution in [0.4, 0.5) is 11.4 Å². The van der Waals surface area contributed by atoms with E-state index in [2.05, 4.69) is 15.4 Å². The van der Waals surface area contributed by atoms with Crippen LogP contribution in [0.1, 0.15) is 24.2 Å². The van der Waals surface area contributed by atoms with E-state index in [0.29, 0.717) is 11.4 Å². The Hall–Kier alpha value is -2.95. The lowest BCUT2D eigenvalue weighted by molar-refractivity contribution is -0.123. The Bertz CT molecular complexity index is 1070. The molecule has 0 aliphatic rings. The van der Waals surface area contributed by atoms with Crippen LogP contribution in [0.15, 0.2) is 47.4 Å². The largest absolute Gasteiger partial charge is 0.449 e. The number of hydrogen-bond donors (Lipinski definition) is 3. The van der Waals surface area contributed by atoms with Gasteiger partial charge in [-0.3, -0.25) is 9.59 Å². The Labute approximate surface area is 178 Å². The Morgan fingerprint density at radius 3 is 2.10 bits per heavy atom. The number of esters is 1. The predicted octanol–water partition coefficient (Wildman–Crippen LogP) is 2.39. The van der Waals surface area contributed by atoms with Gasteiger partial charge in [-0.05, 0) is 56.4 Å². The second-order valence-electron chi connectivity index (χ2n) is 6.15. The zero-order valence-corrected chi connectivity index (χ0v) is 17.9. The van der Waals surface area contributed by atoms with Crippen molar-refractivity contribution >= 4 is 50.8 Å². The van der Waals surface area contributed by atoms with Gasteiger partial charge in [0.15, 0.2) is 6.10 Å². The van der Waals surface area contributed by atoms with Crippen LogP contribution < -0.4 is 15.4 Å². The zero-order valence-electron chi connectivity index (χ0n) is 16.4. The van der Waals surface area contributed by atoms with Gasteiger partial charge in [0, 0.05) is 18.3 Å². The summed E-state index contributed by atoms with van der Waals surface area (Å²) in [5, 5.41) is 5.11. The van der Waals surface area contributed by atoms with Crippen LogP contribution in [0.25, 0.3) is 0 Å². The fourth-order valence-corrected chi connectivity index (χ4v) is 3.56. The highest BCUT2D eigenvalue weighted by atomic mass is 35.5. The quantitative estimate of drug-likeness (QED) is 0.552. The topological polar surface area (TPSA) is 131 Å². The van der Waals surface area contributed by atoms with Gasteiger partial charge in [-0.2, -0.15) is 0 Å². The minimum Gasteiger partial charge on any atom is -0.449 e. The van der Waals surface area contributed by atoms with Crippen LogP contribution >= 0.6 is 11.6 Å². The average molecular weight is 454 g/mol. The Balaban J connectivity index is 2.05. The second kappa shape index (κ2) is 9.70. The van der Waals surface area contributed by atoms with Crippen molar-refractivity contribution in [1.29, 1.82) is 0 Å². The maximum atomic E-state index is 12.3. The summed E-state index contributed by atoms with van der Waals surface area (Å²) >= 11 is 5.89. The van der Waals surface area contributed by atoms with Gasteiger partial charge in [0.1, 0.15) is 4.90 Å². The Morgan fingerprint density at radius 1 is 1.00 bits per heavy atom. The summed E-state index contributed by atoms with van der Waals surface area (Å²) in [5.74, 6) is -1.70. The highest BCUT2D eigenvalue weighted by Crippen LogP contribution is 2.23. The van der Waals surface area contributed by atoms with Gasteiger partial charge in [-0.15, -0.1) is 0 Å². The van der Waals surface area contributed by atoms with E-state index in [1.54, 1.807) is 24.3 Å². The second-order valence-corrected chi connectivity index (χ2v) is 8.41. The van der Waals surface area contributed by atoms with Crippen LogP contribution in [0, 0.1) is 0 Å². The normalized spacial score (nSPS) is 12.0. The van der Waals surface area contributed by atoms with E-state index in [0.717, 1.165) is 6.07 Å². The molecule has 0 saturated carbocycles. The summed E-state index contributed by atoms with van der Waals surface area (Å²) in [7, 11) is -2.66. The first kappa shape index (κ1) is 23.3. The third-order valence-electron chi connectivity index (χ3n) is 3.85. The van der Waals surface area contributed by atoms with Crippen molar-refractivity contribution in [1.82, 2.24) is 4.72 Å². The van der Waals surface area contributed by atoms with E-state index >= 15 is 0 Å². The molecule has 3 N–H and O–H groups in total. The van der Waals surface area contributed by atoms with Crippen LogP contribution in [-0.2, 0) is 24.3 Å². The van der Waals surface area contributed by atoms with E-state index in [-0.39, 0.29) is 21.4 Å². The molecule has 2 amide bonds. The van der Waals surface area contributed by atoms with Gasteiger partial charge in [0.05, 0.1) is 10.6 Å². The van der Waals surface area contributed by atoms with Gasteiger partial charge in [-0.1, -0.05) is 11.6 Å². The molecule has 9 nitrogen and oxygen atoms in total. The van der Waals surface area contributed by atoms with Gasteiger partial charge in [0.2, 0.25) is 15.9 Å². The van der Waals surface area contributed by atoms with E-state index in [1.165, 1.54) is 33.0 Å². The van der Waals surface area contributed by atoms with Crippen molar-refractivity contribution in [2.24, 2.45) is 0 Å². The van der Waals surface area contributed by atoms with Gasteiger partial charge in [-0.25, -0.2) is 17.9 Å². The zero-order chi connectivity index (χ0) is 22.5. The molecular formula is C19H20ClN3O6S.